The number of aliphatic hydroxyl groups is 2. The minimum absolute atomic E-state index is 0.0402. The molecule has 0 aromatic carbocycles. The van der Waals surface area contributed by atoms with Crippen molar-refractivity contribution >= 4 is 23.9 Å². The van der Waals surface area contributed by atoms with Gasteiger partial charge in [-0.15, -0.1) is 0 Å². The molecular formula is C73H122O12. The first-order chi connectivity index (χ1) is 41.6. The Bertz CT molecular complexity index is 1840. The second-order valence-corrected chi connectivity index (χ2v) is 23.1. The topological polar surface area (TPSA) is 175 Å². The molecule has 486 valence electrons. The Labute approximate surface area is 517 Å². The summed E-state index contributed by atoms with van der Waals surface area (Å²) in [5, 5.41) is 31.7. The van der Waals surface area contributed by atoms with Gasteiger partial charge in [0, 0.05) is 19.3 Å². The van der Waals surface area contributed by atoms with E-state index in [0.29, 0.717) is 19.3 Å². The normalized spacial score (nSPS) is 18.1. The number of allylic oxidation sites excluding steroid dienone is 16. The van der Waals surface area contributed by atoms with E-state index in [-0.39, 0.29) is 25.9 Å². The van der Waals surface area contributed by atoms with Gasteiger partial charge in [-0.1, -0.05) is 240 Å². The number of carboxylic acid groups (broad SMARTS) is 1. The van der Waals surface area contributed by atoms with Crippen LogP contribution >= 0.6 is 0 Å². The molecule has 1 aliphatic rings. The van der Waals surface area contributed by atoms with Gasteiger partial charge >= 0.3 is 23.9 Å². The molecule has 0 aliphatic carbocycles. The van der Waals surface area contributed by atoms with E-state index in [1.165, 1.54) is 77.0 Å². The molecule has 1 aliphatic heterocycles. The van der Waals surface area contributed by atoms with Crippen molar-refractivity contribution in [3.63, 3.8) is 0 Å². The van der Waals surface area contributed by atoms with Crippen LogP contribution in [0.1, 0.15) is 290 Å². The second kappa shape index (κ2) is 59.9. The quantitative estimate of drug-likeness (QED) is 0.0228. The van der Waals surface area contributed by atoms with Gasteiger partial charge in [0.25, 0.3) is 0 Å². The summed E-state index contributed by atoms with van der Waals surface area (Å²) in [6, 6.07) is 0. The first-order valence-corrected chi connectivity index (χ1v) is 34.2. The van der Waals surface area contributed by atoms with Crippen LogP contribution < -0.4 is 0 Å². The summed E-state index contributed by atoms with van der Waals surface area (Å²) >= 11 is 0. The van der Waals surface area contributed by atoms with Gasteiger partial charge in [-0.3, -0.25) is 14.4 Å². The molecule has 6 atom stereocenters. The fraction of sp³-hybridized carbons (Fsp3) is 0.726. The van der Waals surface area contributed by atoms with E-state index in [2.05, 4.69) is 118 Å². The van der Waals surface area contributed by atoms with Gasteiger partial charge < -0.3 is 39.0 Å². The van der Waals surface area contributed by atoms with Crippen molar-refractivity contribution in [1.29, 1.82) is 0 Å². The van der Waals surface area contributed by atoms with E-state index in [1.54, 1.807) is 0 Å². The summed E-state index contributed by atoms with van der Waals surface area (Å²) < 4.78 is 28.6. The number of hydrogen-bond donors (Lipinski definition) is 3. The van der Waals surface area contributed by atoms with Crippen LogP contribution in [0, 0.1) is 0 Å². The number of aliphatic hydroxyl groups excluding tert-OH is 2. The molecule has 1 saturated heterocycles. The first-order valence-electron chi connectivity index (χ1n) is 34.2. The molecule has 0 spiro atoms. The summed E-state index contributed by atoms with van der Waals surface area (Å²) in [7, 11) is 0. The van der Waals surface area contributed by atoms with Crippen molar-refractivity contribution in [1.82, 2.24) is 0 Å². The van der Waals surface area contributed by atoms with Crippen LogP contribution in [0.3, 0.4) is 0 Å². The maximum atomic E-state index is 13.2. The summed E-state index contributed by atoms with van der Waals surface area (Å²) in [6.45, 7) is 5.92. The van der Waals surface area contributed by atoms with Crippen molar-refractivity contribution in [3.05, 3.63) is 97.2 Å². The van der Waals surface area contributed by atoms with Crippen molar-refractivity contribution in [2.45, 2.75) is 327 Å². The minimum Gasteiger partial charge on any atom is -0.479 e. The number of rotatable bonds is 58. The highest BCUT2D eigenvalue weighted by Crippen LogP contribution is 2.27. The Balaban J connectivity index is 2.67. The van der Waals surface area contributed by atoms with Crippen molar-refractivity contribution in [2.24, 2.45) is 0 Å². The third-order valence-electron chi connectivity index (χ3n) is 15.1. The highest BCUT2D eigenvalue weighted by atomic mass is 16.7. The van der Waals surface area contributed by atoms with Crippen LogP contribution in [0.5, 0.6) is 0 Å². The third kappa shape index (κ3) is 49.3. The van der Waals surface area contributed by atoms with Crippen LogP contribution in [0.15, 0.2) is 97.2 Å². The maximum absolute atomic E-state index is 13.2. The zero-order valence-electron chi connectivity index (χ0n) is 53.8. The van der Waals surface area contributed by atoms with Crippen molar-refractivity contribution in [3.8, 4) is 0 Å². The molecule has 0 aromatic heterocycles. The van der Waals surface area contributed by atoms with Crippen molar-refractivity contribution < 1.29 is 58.2 Å². The zero-order chi connectivity index (χ0) is 61.7. The molecule has 12 nitrogen and oxygen atoms in total. The SMILES string of the molecule is CCCCC/C=C\C/C=C\C/C=C\CCCCCCCCC(=O)OCC(COC1OC(C(=O)O)C(O)C(O)C1OC(=O)CCCCCCCC/C=C\C/C=C\C/C=C\CCCCC)OC(=O)CCCCCCCCC/C=C\C/C=C\CCCCC. The summed E-state index contributed by atoms with van der Waals surface area (Å²) in [5.41, 5.74) is 0. The Hall–Kier alpha value is -4.36. The molecule has 6 unspecified atom stereocenters. The number of carbonyl (C=O) groups excluding carboxylic acids is 3. The number of ether oxygens (including phenoxy) is 5. The second-order valence-electron chi connectivity index (χ2n) is 23.1. The molecule has 0 aromatic rings. The lowest BCUT2D eigenvalue weighted by Gasteiger charge is -2.40. The molecule has 0 amide bonds. The monoisotopic (exact) mass is 1190 g/mol. The first kappa shape index (κ1) is 78.7. The number of aliphatic carboxylic acids is 1. The van der Waals surface area contributed by atoms with Gasteiger partial charge in [0.2, 0.25) is 0 Å². The van der Waals surface area contributed by atoms with Gasteiger partial charge in [0.1, 0.15) is 18.8 Å². The average molecular weight is 1190 g/mol. The predicted octanol–water partition coefficient (Wildman–Crippen LogP) is 18.8. The van der Waals surface area contributed by atoms with E-state index in [1.807, 2.05) is 0 Å². The van der Waals surface area contributed by atoms with Crippen LogP contribution in [0.2, 0.25) is 0 Å². The van der Waals surface area contributed by atoms with Crippen LogP contribution in [-0.4, -0.2) is 89.2 Å². The highest BCUT2D eigenvalue weighted by Gasteiger charge is 2.50. The smallest absolute Gasteiger partial charge is 0.335 e. The third-order valence-corrected chi connectivity index (χ3v) is 15.1. The zero-order valence-corrected chi connectivity index (χ0v) is 53.8. The van der Waals surface area contributed by atoms with Crippen molar-refractivity contribution in [2.75, 3.05) is 13.2 Å². The number of unbranched alkanes of at least 4 members (excludes halogenated alkanes) is 28. The summed E-state index contributed by atoms with van der Waals surface area (Å²) in [6.07, 6.45) is 67.7. The molecule has 85 heavy (non-hydrogen) atoms. The van der Waals surface area contributed by atoms with E-state index in [4.69, 9.17) is 23.7 Å². The lowest BCUT2D eigenvalue weighted by atomic mass is 9.98. The Morgan fingerprint density at radius 3 is 1.07 bits per heavy atom. The number of hydrogen-bond acceptors (Lipinski definition) is 11. The summed E-state index contributed by atoms with van der Waals surface area (Å²) in [4.78, 5) is 51.5. The highest BCUT2D eigenvalue weighted by molar-refractivity contribution is 5.74. The largest absolute Gasteiger partial charge is 0.479 e. The fourth-order valence-corrected chi connectivity index (χ4v) is 9.82. The van der Waals surface area contributed by atoms with Gasteiger partial charge in [-0.25, -0.2) is 4.79 Å². The Morgan fingerprint density at radius 2 is 0.706 bits per heavy atom. The van der Waals surface area contributed by atoms with Crippen LogP contribution in [-0.2, 0) is 42.9 Å². The lowest BCUT2D eigenvalue weighted by molar-refractivity contribution is -0.301. The fourth-order valence-electron chi connectivity index (χ4n) is 9.82. The van der Waals surface area contributed by atoms with E-state index >= 15 is 0 Å². The van der Waals surface area contributed by atoms with Gasteiger partial charge in [0.05, 0.1) is 6.61 Å². The Kier molecular flexibility index (Phi) is 55.5. The molecule has 3 N–H and O–H groups in total. The molecule has 1 fully saturated rings. The molecular weight excluding hydrogens is 1070 g/mol. The number of esters is 3. The van der Waals surface area contributed by atoms with Gasteiger partial charge in [0.15, 0.2) is 24.6 Å². The number of carboxylic acids is 1. The van der Waals surface area contributed by atoms with Gasteiger partial charge in [-0.05, 0) is 128 Å². The van der Waals surface area contributed by atoms with E-state index in [0.717, 1.165) is 154 Å². The maximum Gasteiger partial charge on any atom is 0.335 e. The van der Waals surface area contributed by atoms with Crippen LogP contribution in [0.25, 0.3) is 0 Å². The minimum atomic E-state index is -1.92. The molecule has 0 saturated carbocycles. The predicted molar refractivity (Wildman–Crippen MR) is 349 cm³/mol. The molecule has 1 rings (SSSR count). The molecule has 0 radical (unpaired) electrons. The molecule has 1 heterocycles. The van der Waals surface area contributed by atoms with E-state index < -0.39 is 67.3 Å². The average Bonchev–Trinajstić information content (AvgIpc) is 3.51. The molecule has 0 bridgehead atoms. The Morgan fingerprint density at radius 1 is 0.388 bits per heavy atom. The number of carbonyl (C=O) groups is 4. The van der Waals surface area contributed by atoms with E-state index in [9.17, 15) is 34.5 Å². The van der Waals surface area contributed by atoms with Crippen LogP contribution in [0.4, 0.5) is 0 Å². The standard InChI is InChI=1S/C73H122O12/c1-4-7-10-13-16-19-22-25-28-31-33-36-38-41-44-47-50-53-56-59-65(74)81-62-64(83-66(75)60-57-54-51-48-45-42-39-35-30-27-24-21-18-15-12-9-6-3)63-82-73-71(69(78)68(77)70(85-73)72(79)80)84-67(76)61-58-55-52-49-46-43-40-37-34-32-29-26-23-20-17-14-11-8-5-2/h16-21,25-30,33-34,36-37,64,68-71,73,77-78H,4-15,22-24,31-32,35,38-63H2,1-3H3,(H,79,80)/b19-16-,20-17-,21-18-,28-25-,29-26-,30-27-,36-33-,37-34-. The summed E-state index contributed by atoms with van der Waals surface area (Å²) in [5.74, 6) is -3.16. The molecule has 12 heteroatoms. The van der Waals surface area contributed by atoms with Gasteiger partial charge in [-0.2, -0.15) is 0 Å². The lowest BCUT2D eigenvalue weighted by Crippen LogP contribution is -2.61.